The highest BCUT2D eigenvalue weighted by Gasteiger charge is 2.48. The third kappa shape index (κ3) is 4.91. The monoisotopic (exact) mass is 451 g/mol. The minimum absolute atomic E-state index is 0.00663. The van der Waals surface area contributed by atoms with E-state index in [1.165, 1.54) is 24.7 Å². The molecule has 1 amide bonds. The highest BCUT2D eigenvalue weighted by Crippen LogP contribution is 2.32. The van der Waals surface area contributed by atoms with E-state index in [0.29, 0.717) is 0 Å². The van der Waals surface area contributed by atoms with Gasteiger partial charge in [0.2, 0.25) is 11.9 Å². The fraction of sp³-hybridized carbons (Fsp3) is 0.500. The molecule has 4 atom stereocenters. The van der Waals surface area contributed by atoms with Crippen molar-refractivity contribution in [2.75, 3.05) is 11.9 Å². The molecule has 1 aliphatic rings. The van der Waals surface area contributed by atoms with Crippen LogP contribution in [0.3, 0.4) is 0 Å². The maximum Gasteiger partial charge on any atom is 0.303 e. The zero-order valence-electron chi connectivity index (χ0n) is 17.6. The van der Waals surface area contributed by atoms with E-state index in [4.69, 9.17) is 18.9 Å². The van der Waals surface area contributed by atoms with Crippen LogP contribution in [0.25, 0.3) is 11.2 Å². The van der Waals surface area contributed by atoms with E-state index in [9.17, 15) is 24.0 Å². The number of ether oxygens (including phenoxy) is 4. The molecular weight excluding hydrogens is 430 g/mol. The molecular formula is C18H21N5O9. The minimum Gasteiger partial charge on any atom is -0.456 e. The third-order valence-electron chi connectivity index (χ3n) is 4.32. The summed E-state index contributed by atoms with van der Waals surface area (Å²) in [4.78, 5) is 69.3. The van der Waals surface area contributed by atoms with Gasteiger partial charge in [-0.2, -0.15) is 4.98 Å². The van der Waals surface area contributed by atoms with E-state index >= 15 is 0 Å². The van der Waals surface area contributed by atoms with Crippen molar-refractivity contribution in [3.63, 3.8) is 0 Å². The second-order valence-corrected chi connectivity index (χ2v) is 6.94. The lowest BCUT2D eigenvalue weighted by Crippen LogP contribution is -2.55. The quantitative estimate of drug-likeness (QED) is 0.437. The number of aromatic nitrogens is 4. The molecule has 1 fully saturated rings. The Morgan fingerprint density at radius 2 is 1.69 bits per heavy atom. The van der Waals surface area contributed by atoms with Crippen LogP contribution in [0.4, 0.5) is 5.95 Å². The summed E-state index contributed by atoms with van der Waals surface area (Å²) in [6, 6.07) is 0. The van der Waals surface area contributed by atoms with Crippen molar-refractivity contribution in [3.05, 3.63) is 16.7 Å². The van der Waals surface area contributed by atoms with E-state index in [1.807, 2.05) is 0 Å². The summed E-state index contributed by atoms with van der Waals surface area (Å²) < 4.78 is 22.9. The number of amides is 1. The lowest BCUT2D eigenvalue weighted by atomic mass is 10.0. The first-order valence-corrected chi connectivity index (χ1v) is 9.44. The molecule has 32 heavy (non-hydrogen) atoms. The van der Waals surface area contributed by atoms with Gasteiger partial charge in [-0.15, -0.1) is 0 Å². The molecule has 3 heterocycles. The summed E-state index contributed by atoms with van der Waals surface area (Å²) >= 11 is 0. The maximum absolute atomic E-state index is 12.3. The van der Waals surface area contributed by atoms with Gasteiger partial charge in [-0.3, -0.25) is 38.8 Å². The van der Waals surface area contributed by atoms with E-state index in [1.54, 1.807) is 0 Å². The van der Waals surface area contributed by atoms with Crippen molar-refractivity contribution in [1.82, 2.24) is 19.5 Å². The topological polar surface area (TPSA) is 181 Å². The normalized spacial score (nSPS) is 22.8. The molecule has 1 aliphatic heterocycles. The van der Waals surface area contributed by atoms with Crippen LogP contribution in [0, 0.1) is 0 Å². The summed E-state index contributed by atoms with van der Waals surface area (Å²) in [5.74, 6) is -2.69. The third-order valence-corrected chi connectivity index (χ3v) is 4.32. The molecule has 172 valence electrons. The molecule has 2 aromatic rings. The molecule has 0 radical (unpaired) electrons. The van der Waals surface area contributed by atoms with Gasteiger partial charge in [0.1, 0.15) is 0 Å². The Morgan fingerprint density at radius 3 is 2.28 bits per heavy atom. The predicted molar refractivity (Wildman–Crippen MR) is 104 cm³/mol. The summed E-state index contributed by atoms with van der Waals surface area (Å²) in [5.41, 5.74) is -0.700. The Bertz CT molecular complexity index is 1120. The van der Waals surface area contributed by atoms with Gasteiger partial charge in [-0.25, -0.2) is 4.98 Å². The van der Waals surface area contributed by atoms with Gasteiger partial charge >= 0.3 is 17.9 Å². The first-order chi connectivity index (χ1) is 15.1. The summed E-state index contributed by atoms with van der Waals surface area (Å²) in [7, 11) is 0. The zero-order chi connectivity index (χ0) is 23.6. The van der Waals surface area contributed by atoms with Crippen molar-refractivity contribution in [1.29, 1.82) is 0 Å². The summed E-state index contributed by atoms with van der Waals surface area (Å²) in [5, 5.41) is 2.36. The lowest BCUT2D eigenvalue weighted by Gasteiger charge is -2.40. The number of carbonyl (C=O) groups is 4. The van der Waals surface area contributed by atoms with E-state index in [-0.39, 0.29) is 23.7 Å². The van der Waals surface area contributed by atoms with Crippen LogP contribution in [-0.2, 0) is 38.1 Å². The molecule has 2 N–H and O–H groups in total. The standard InChI is InChI=1S/C18H21N5O9/c1-7(24)20-18-21-15-12(16(28)22-18)19-6-23(15)17-14(32-10(4)27)13(31-9(3)26)11(5-29-17)30-8(2)25/h6,11,13-14,17H,5H2,1-4H3,(H2,20,21,22,24,28)/t11-,13-,14-,17+/m1/s1. The average Bonchev–Trinajstić information content (AvgIpc) is 3.07. The number of aromatic amines is 1. The number of carbonyl (C=O) groups excluding carboxylic acids is 4. The number of hydrogen-bond donors (Lipinski definition) is 2. The minimum atomic E-state index is -1.28. The average molecular weight is 451 g/mol. The van der Waals surface area contributed by atoms with Crippen molar-refractivity contribution >= 4 is 40.9 Å². The number of anilines is 1. The molecule has 14 heteroatoms. The number of hydrogen-bond acceptors (Lipinski definition) is 11. The van der Waals surface area contributed by atoms with Crippen LogP contribution >= 0.6 is 0 Å². The molecule has 2 aromatic heterocycles. The Morgan fingerprint density at radius 1 is 1.06 bits per heavy atom. The lowest BCUT2D eigenvalue weighted by molar-refractivity contribution is -0.239. The second kappa shape index (κ2) is 9.13. The van der Waals surface area contributed by atoms with Gasteiger partial charge in [0.25, 0.3) is 5.56 Å². The van der Waals surface area contributed by atoms with Crippen LogP contribution in [0.1, 0.15) is 33.9 Å². The highest BCUT2D eigenvalue weighted by molar-refractivity contribution is 5.87. The number of esters is 3. The van der Waals surface area contributed by atoms with Crippen molar-refractivity contribution < 1.29 is 38.1 Å². The molecule has 0 saturated carbocycles. The van der Waals surface area contributed by atoms with Crippen molar-refractivity contribution in [2.24, 2.45) is 0 Å². The number of nitrogens with one attached hydrogen (secondary N) is 2. The van der Waals surface area contributed by atoms with Crippen molar-refractivity contribution in [3.8, 4) is 0 Å². The van der Waals surface area contributed by atoms with Gasteiger partial charge in [0, 0.05) is 27.7 Å². The first kappa shape index (κ1) is 22.9. The van der Waals surface area contributed by atoms with E-state index in [2.05, 4.69) is 20.3 Å². The smallest absolute Gasteiger partial charge is 0.303 e. The van der Waals surface area contributed by atoms with Crippen LogP contribution in [-0.4, -0.2) is 68.3 Å². The van der Waals surface area contributed by atoms with Crippen LogP contribution in [0.15, 0.2) is 11.1 Å². The second-order valence-electron chi connectivity index (χ2n) is 6.94. The maximum atomic E-state index is 12.3. The van der Waals surface area contributed by atoms with E-state index < -0.39 is 53.9 Å². The number of fused-ring (bicyclic) bond motifs is 1. The van der Waals surface area contributed by atoms with Gasteiger partial charge < -0.3 is 18.9 Å². The van der Waals surface area contributed by atoms with Crippen LogP contribution < -0.4 is 10.9 Å². The molecule has 0 aromatic carbocycles. The largest absolute Gasteiger partial charge is 0.456 e. The zero-order valence-corrected chi connectivity index (χ0v) is 17.6. The molecule has 0 unspecified atom stereocenters. The fourth-order valence-electron chi connectivity index (χ4n) is 3.30. The van der Waals surface area contributed by atoms with Gasteiger partial charge in [-0.1, -0.05) is 0 Å². The fourth-order valence-corrected chi connectivity index (χ4v) is 3.30. The highest BCUT2D eigenvalue weighted by atomic mass is 16.6. The van der Waals surface area contributed by atoms with Crippen LogP contribution in [0.2, 0.25) is 0 Å². The van der Waals surface area contributed by atoms with Crippen molar-refractivity contribution in [2.45, 2.75) is 52.2 Å². The molecule has 14 nitrogen and oxygen atoms in total. The number of H-pyrrole nitrogens is 1. The number of rotatable bonds is 5. The van der Waals surface area contributed by atoms with Gasteiger partial charge in [0.15, 0.2) is 35.7 Å². The number of nitrogens with zero attached hydrogens (tertiary/aromatic N) is 3. The summed E-state index contributed by atoms with van der Waals surface area (Å²) in [6.07, 6.45) is -3.48. The van der Waals surface area contributed by atoms with Gasteiger partial charge in [0.05, 0.1) is 12.9 Å². The van der Waals surface area contributed by atoms with E-state index in [0.717, 1.165) is 13.8 Å². The first-order valence-electron chi connectivity index (χ1n) is 9.44. The molecule has 0 bridgehead atoms. The molecule has 1 saturated heterocycles. The SMILES string of the molecule is CC(=O)Nc1nc2c(ncn2[C@H]2OC[C@@H](OC(C)=O)[C@@H](OC(C)=O)[C@H]2OC(C)=O)c(=O)[nH]1. The Kier molecular flexibility index (Phi) is 6.53. The molecule has 3 rings (SSSR count). The Balaban J connectivity index is 2.09. The van der Waals surface area contributed by atoms with Gasteiger partial charge in [-0.05, 0) is 0 Å². The predicted octanol–water partition coefficient (Wildman–Crippen LogP) is -0.598. The Hall–Kier alpha value is -3.81. The Labute approximate surface area is 180 Å². The molecule has 0 spiro atoms. The van der Waals surface area contributed by atoms with Crippen LogP contribution in [0.5, 0.6) is 0 Å². The summed E-state index contributed by atoms with van der Waals surface area (Å²) in [6.45, 7) is 4.47. The molecule has 0 aliphatic carbocycles. The number of imidazole rings is 1.